The van der Waals surface area contributed by atoms with E-state index in [-0.39, 0.29) is 29.3 Å². The van der Waals surface area contributed by atoms with Gasteiger partial charge in [0.15, 0.2) is 6.61 Å². The summed E-state index contributed by atoms with van der Waals surface area (Å²) in [6.45, 7) is 1.85. The Labute approximate surface area is 158 Å². The van der Waals surface area contributed by atoms with E-state index in [1.807, 2.05) is 0 Å². The SMILES string of the molecule is O=C(COc1ccc(Cl)cc1S(=O)(=O)N1CCCC1)NC[C@H]1CCCO1. The Morgan fingerprint density at radius 3 is 2.77 bits per heavy atom. The van der Waals surface area contributed by atoms with Gasteiger partial charge < -0.3 is 14.8 Å². The molecule has 1 aromatic carbocycles. The van der Waals surface area contributed by atoms with Gasteiger partial charge in [0.1, 0.15) is 10.6 Å². The van der Waals surface area contributed by atoms with Crippen LogP contribution in [0.4, 0.5) is 0 Å². The summed E-state index contributed by atoms with van der Waals surface area (Å²) in [7, 11) is -3.69. The average molecular weight is 403 g/mol. The van der Waals surface area contributed by atoms with Crippen molar-refractivity contribution in [2.45, 2.75) is 36.7 Å². The molecule has 0 radical (unpaired) electrons. The first-order valence-corrected chi connectivity index (χ1v) is 10.6. The minimum absolute atomic E-state index is 0.00109. The van der Waals surface area contributed by atoms with Gasteiger partial charge in [-0.2, -0.15) is 4.31 Å². The van der Waals surface area contributed by atoms with Crippen molar-refractivity contribution < 1.29 is 22.7 Å². The Hall–Kier alpha value is -1.35. The normalized spacial score (nSPS) is 21.0. The lowest BCUT2D eigenvalue weighted by molar-refractivity contribution is -0.123. The Bertz CT molecular complexity index is 744. The monoisotopic (exact) mass is 402 g/mol. The molecule has 144 valence electrons. The Kier molecular flexibility index (Phi) is 6.39. The third-order valence-electron chi connectivity index (χ3n) is 4.50. The van der Waals surface area contributed by atoms with E-state index >= 15 is 0 Å². The number of halogens is 1. The van der Waals surface area contributed by atoms with Crippen molar-refractivity contribution in [1.82, 2.24) is 9.62 Å². The number of ether oxygens (including phenoxy) is 2. The standard InChI is InChI=1S/C17H23ClN2O5S/c18-13-5-6-15(16(10-13)26(22,23)20-7-1-2-8-20)25-12-17(21)19-11-14-4-3-9-24-14/h5-6,10,14H,1-4,7-9,11-12H2,(H,19,21)/t14-/m1/s1. The fraction of sp³-hybridized carbons (Fsp3) is 0.588. The van der Waals surface area contributed by atoms with E-state index < -0.39 is 10.0 Å². The molecule has 0 aliphatic carbocycles. The average Bonchev–Trinajstić information content (AvgIpc) is 3.32. The molecule has 26 heavy (non-hydrogen) atoms. The number of carbonyl (C=O) groups is 1. The molecule has 9 heteroatoms. The number of hydrogen-bond donors (Lipinski definition) is 1. The number of carbonyl (C=O) groups excluding carboxylic acids is 1. The quantitative estimate of drug-likeness (QED) is 0.751. The molecule has 1 aromatic rings. The van der Waals surface area contributed by atoms with Crippen molar-refractivity contribution in [3.05, 3.63) is 23.2 Å². The van der Waals surface area contributed by atoms with Gasteiger partial charge in [0.25, 0.3) is 5.91 Å². The van der Waals surface area contributed by atoms with Gasteiger partial charge >= 0.3 is 0 Å². The number of benzene rings is 1. The van der Waals surface area contributed by atoms with Crippen LogP contribution < -0.4 is 10.1 Å². The van der Waals surface area contributed by atoms with Crippen LogP contribution in [0, 0.1) is 0 Å². The van der Waals surface area contributed by atoms with Gasteiger partial charge in [0.05, 0.1) is 6.10 Å². The fourth-order valence-electron chi connectivity index (χ4n) is 3.10. The summed E-state index contributed by atoms with van der Waals surface area (Å²) in [5.41, 5.74) is 0. The van der Waals surface area contributed by atoms with E-state index in [0.29, 0.717) is 24.7 Å². The zero-order valence-corrected chi connectivity index (χ0v) is 16.0. The highest BCUT2D eigenvalue weighted by atomic mass is 35.5. The van der Waals surface area contributed by atoms with E-state index in [1.165, 1.54) is 16.4 Å². The minimum Gasteiger partial charge on any atom is -0.482 e. The van der Waals surface area contributed by atoms with E-state index in [4.69, 9.17) is 21.1 Å². The second kappa shape index (κ2) is 8.56. The van der Waals surface area contributed by atoms with Crippen LogP contribution in [0.2, 0.25) is 5.02 Å². The first-order chi connectivity index (χ1) is 12.5. The molecule has 2 saturated heterocycles. The zero-order valence-electron chi connectivity index (χ0n) is 14.4. The summed E-state index contributed by atoms with van der Waals surface area (Å²) in [5, 5.41) is 3.05. The van der Waals surface area contributed by atoms with Gasteiger partial charge in [-0.3, -0.25) is 4.79 Å². The lowest BCUT2D eigenvalue weighted by Crippen LogP contribution is -2.35. The summed E-state index contributed by atoms with van der Waals surface area (Å²) in [6.07, 6.45) is 3.64. The summed E-state index contributed by atoms with van der Waals surface area (Å²) >= 11 is 5.98. The maximum absolute atomic E-state index is 12.8. The molecule has 3 rings (SSSR count). The molecular weight excluding hydrogens is 380 g/mol. The molecule has 0 unspecified atom stereocenters. The summed E-state index contributed by atoms with van der Waals surface area (Å²) < 4.78 is 38.0. The predicted octanol–water partition coefficient (Wildman–Crippen LogP) is 1.80. The fourth-order valence-corrected chi connectivity index (χ4v) is 5.01. The largest absolute Gasteiger partial charge is 0.482 e. The molecule has 1 amide bonds. The van der Waals surface area contributed by atoms with Crippen molar-refractivity contribution in [3.63, 3.8) is 0 Å². The maximum Gasteiger partial charge on any atom is 0.258 e. The molecule has 0 bridgehead atoms. The molecule has 0 aromatic heterocycles. The summed E-state index contributed by atoms with van der Waals surface area (Å²) in [4.78, 5) is 12.0. The second-order valence-corrected chi connectivity index (χ2v) is 8.77. The van der Waals surface area contributed by atoms with Crippen LogP contribution in [0.3, 0.4) is 0 Å². The number of nitrogens with zero attached hydrogens (tertiary/aromatic N) is 1. The van der Waals surface area contributed by atoms with Crippen LogP contribution in [0.25, 0.3) is 0 Å². The molecule has 0 saturated carbocycles. The van der Waals surface area contributed by atoms with Crippen molar-refractivity contribution in [2.75, 3.05) is 32.8 Å². The Morgan fingerprint density at radius 1 is 1.31 bits per heavy atom. The lowest BCUT2D eigenvalue weighted by Gasteiger charge is -2.18. The molecular formula is C17H23ClN2O5S. The van der Waals surface area contributed by atoms with Gasteiger partial charge in [-0.15, -0.1) is 0 Å². The van der Waals surface area contributed by atoms with E-state index in [0.717, 1.165) is 32.3 Å². The third kappa shape index (κ3) is 4.68. The van der Waals surface area contributed by atoms with Crippen LogP contribution in [-0.2, 0) is 19.6 Å². The molecule has 1 N–H and O–H groups in total. The molecule has 7 nitrogen and oxygen atoms in total. The smallest absolute Gasteiger partial charge is 0.258 e. The molecule has 2 heterocycles. The lowest BCUT2D eigenvalue weighted by atomic mass is 10.2. The maximum atomic E-state index is 12.8. The van der Waals surface area contributed by atoms with E-state index in [2.05, 4.69) is 5.32 Å². The molecule has 2 aliphatic rings. The van der Waals surface area contributed by atoms with Crippen molar-refractivity contribution >= 4 is 27.5 Å². The van der Waals surface area contributed by atoms with E-state index in [9.17, 15) is 13.2 Å². The topological polar surface area (TPSA) is 84.9 Å². The molecule has 2 aliphatic heterocycles. The first-order valence-electron chi connectivity index (χ1n) is 8.77. The number of hydrogen-bond acceptors (Lipinski definition) is 5. The van der Waals surface area contributed by atoms with E-state index in [1.54, 1.807) is 6.07 Å². The third-order valence-corrected chi connectivity index (χ3v) is 6.65. The number of rotatable bonds is 7. The Morgan fingerprint density at radius 2 is 2.08 bits per heavy atom. The van der Waals surface area contributed by atoms with Gasteiger partial charge in [0, 0.05) is 31.3 Å². The second-order valence-electron chi connectivity index (χ2n) is 6.43. The van der Waals surface area contributed by atoms with Crippen LogP contribution in [0.5, 0.6) is 5.75 Å². The Balaban J connectivity index is 1.64. The first kappa shape index (κ1) is 19.4. The van der Waals surface area contributed by atoms with Crippen molar-refractivity contribution in [1.29, 1.82) is 0 Å². The predicted molar refractivity (Wildman–Crippen MR) is 96.9 cm³/mol. The van der Waals surface area contributed by atoms with Crippen LogP contribution in [-0.4, -0.2) is 57.6 Å². The number of sulfonamides is 1. The van der Waals surface area contributed by atoms with Crippen molar-refractivity contribution in [2.24, 2.45) is 0 Å². The number of nitrogens with one attached hydrogen (secondary N) is 1. The highest BCUT2D eigenvalue weighted by Gasteiger charge is 2.30. The van der Waals surface area contributed by atoms with Gasteiger partial charge in [-0.25, -0.2) is 8.42 Å². The van der Waals surface area contributed by atoms with Gasteiger partial charge in [0.2, 0.25) is 10.0 Å². The zero-order chi connectivity index (χ0) is 18.6. The highest BCUT2D eigenvalue weighted by Crippen LogP contribution is 2.31. The van der Waals surface area contributed by atoms with Crippen LogP contribution in [0.15, 0.2) is 23.1 Å². The molecule has 2 fully saturated rings. The van der Waals surface area contributed by atoms with Gasteiger partial charge in [-0.1, -0.05) is 11.6 Å². The molecule has 0 spiro atoms. The van der Waals surface area contributed by atoms with Gasteiger partial charge in [-0.05, 0) is 43.9 Å². The van der Waals surface area contributed by atoms with Crippen molar-refractivity contribution in [3.8, 4) is 5.75 Å². The molecule has 1 atom stereocenters. The highest BCUT2D eigenvalue weighted by molar-refractivity contribution is 7.89. The summed E-state index contributed by atoms with van der Waals surface area (Å²) in [5.74, 6) is -0.187. The van der Waals surface area contributed by atoms with Crippen LogP contribution in [0.1, 0.15) is 25.7 Å². The summed E-state index contributed by atoms with van der Waals surface area (Å²) in [6, 6.07) is 4.40. The van der Waals surface area contributed by atoms with Crippen LogP contribution >= 0.6 is 11.6 Å². The number of amides is 1. The minimum atomic E-state index is -3.69.